The summed E-state index contributed by atoms with van der Waals surface area (Å²) in [5, 5.41) is 11.4. The molecule has 0 atom stereocenters. The Balaban J connectivity index is 1.45. The molecule has 32 heavy (non-hydrogen) atoms. The Morgan fingerprint density at radius 2 is 1.84 bits per heavy atom. The zero-order valence-corrected chi connectivity index (χ0v) is 17.6. The van der Waals surface area contributed by atoms with Gasteiger partial charge in [0, 0.05) is 28.7 Å². The molecule has 2 heterocycles. The number of nitrogens with two attached hydrogens (primary N) is 1. The van der Waals surface area contributed by atoms with E-state index < -0.39 is 0 Å². The van der Waals surface area contributed by atoms with Crippen LogP contribution in [-0.4, -0.2) is 27.9 Å². The third-order valence-electron chi connectivity index (χ3n) is 5.56. The number of hydrogen-bond acceptors (Lipinski definition) is 6. The third-order valence-corrected chi connectivity index (χ3v) is 5.56. The zero-order valence-electron chi connectivity index (χ0n) is 17.6. The smallest absolute Gasteiger partial charge is 0.255 e. The number of hydrogen-bond donors (Lipinski definition) is 2. The highest BCUT2D eigenvalue weighted by Crippen LogP contribution is 2.38. The van der Waals surface area contributed by atoms with Crippen LogP contribution in [0.15, 0.2) is 65.3 Å². The first-order valence-electron chi connectivity index (χ1n) is 10.2. The fourth-order valence-corrected chi connectivity index (χ4v) is 3.96. The van der Waals surface area contributed by atoms with Crippen LogP contribution in [0.1, 0.15) is 17.3 Å². The highest BCUT2D eigenvalue weighted by molar-refractivity contribution is 6.06. The summed E-state index contributed by atoms with van der Waals surface area (Å²) in [6.45, 7) is 2.86. The maximum absolute atomic E-state index is 12.6. The van der Waals surface area contributed by atoms with E-state index in [0.717, 1.165) is 34.5 Å². The van der Waals surface area contributed by atoms with E-state index in [2.05, 4.69) is 31.7 Å². The molecule has 5 rings (SSSR count). The fourth-order valence-electron chi connectivity index (χ4n) is 3.96. The van der Waals surface area contributed by atoms with E-state index in [0.29, 0.717) is 28.0 Å². The van der Waals surface area contributed by atoms with Gasteiger partial charge in [-0.05, 0) is 65.8 Å². The van der Waals surface area contributed by atoms with E-state index in [1.165, 1.54) is 0 Å². The van der Waals surface area contributed by atoms with Gasteiger partial charge in [0.05, 0.1) is 24.0 Å². The molecular formula is C24H21N5O3. The van der Waals surface area contributed by atoms with Gasteiger partial charge in [0.2, 0.25) is 0 Å². The van der Waals surface area contributed by atoms with E-state index in [4.69, 9.17) is 10.5 Å². The number of aryl methyl sites for hydroxylation is 1. The van der Waals surface area contributed by atoms with Crippen molar-refractivity contribution in [3.8, 4) is 17.0 Å². The Labute approximate surface area is 183 Å². The molecule has 8 heteroatoms. The molecule has 2 aromatic heterocycles. The van der Waals surface area contributed by atoms with E-state index >= 15 is 0 Å². The first-order chi connectivity index (χ1) is 15.6. The molecular weight excluding hydrogens is 406 g/mol. The molecule has 1 amide bonds. The van der Waals surface area contributed by atoms with Crippen LogP contribution in [0.4, 0.5) is 11.4 Å². The standard InChI is InChI=1S/C24H21N5O3/c1-3-29-21-11-9-17(31-2)13-18(21)22(25)23(29)14-4-7-16(8-5-14)26-24(30)15-6-10-19-20(12-15)28-32-27-19/h4-13H,3,25H2,1-2H3,(H,26,30). The van der Waals surface area contributed by atoms with Crippen LogP contribution in [0, 0.1) is 0 Å². The number of carbonyl (C=O) groups is 1. The monoisotopic (exact) mass is 427 g/mol. The summed E-state index contributed by atoms with van der Waals surface area (Å²) in [4.78, 5) is 12.6. The molecule has 3 N–H and O–H groups in total. The number of nitrogens with one attached hydrogen (secondary N) is 1. The number of aromatic nitrogens is 3. The quantitative estimate of drug-likeness (QED) is 0.421. The van der Waals surface area contributed by atoms with Crippen LogP contribution < -0.4 is 15.8 Å². The second kappa shape index (κ2) is 7.73. The summed E-state index contributed by atoms with van der Waals surface area (Å²) in [6, 6.07) is 18.6. The zero-order chi connectivity index (χ0) is 22.2. The molecule has 0 radical (unpaired) electrons. The van der Waals surface area contributed by atoms with Crippen LogP contribution >= 0.6 is 0 Å². The summed E-state index contributed by atoms with van der Waals surface area (Å²) in [7, 11) is 1.64. The number of methoxy groups -OCH3 is 1. The lowest BCUT2D eigenvalue weighted by Gasteiger charge is -2.11. The first kappa shape index (κ1) is 19.6. The Bertz CT molecular complexity index is 1450. The van der Waals surface area contributed by atoms with Gasteiger partial charge in [-0.25, -0.2) is 4.63 Å². The van der Waals surface area contributed by atoms with Crippen LogP contribution in [0.2, 0.25) is 0 Å². The number of rotatable bonds is 5. The molecule has 0 unspecified atom stereocenters. The predicted molar refractivity (Wildman–Crippen MR) is 124 cm³/mol. The Morgan fingerprint density at radius 1 is 1.06 bits per heavy atom. The van der Waals surface area contributed by atoms with Gasteiger partial charge >= 0.3 is 0 Å². The lowest BCUT2D eigenvalue weighted by Crippen LogP contribution is -2.11. The molecule has 0 aliphatic rings. The molecule has 0 spiro atoms. The van der Waals surface area contributed by atoms with Crippen molar-refractivity contribution in [1.82, 2.24) is 14.9 Å². The van der Waals surface area contributed by atoms with Gasteiger partial charge in [-0.15, -0.1) is 0 Å². The number of carbonyl (C=O) groups excluding carboxylic acids is 1. The number of ether oxygens (including phenoxy) is 1. The maximum Gasteiger partial charge on any atom is 0.255 e. The SMILES string of the molecule is CCn1c(-c2ccc(NC(=O)c3ccc4nonc4c3)cc2)c(N)c2cc(OC)ccc21. The molecule has 0 fully saturated rings. The minimum Gasteiger partial charge on any atom is -0.497 e. The molecule has 5 aromatic rings. The average molecular weight is 427 g/mol. The second-order valence-corrected chi connectivity index (χ2v) is 7.39. The van der Waals surface area contributed by atoms with E-state index in [-0.39, 0.29) is 5.91 Å². The van der Waals surface area contributed by atoms with Crippen molar-refractivity contribution in [2.75, 3.05) is 18.2 Å². The number of nitrogens with zero attached hydrogens (tertiary/aromatic N) is 3. The second-order valence-electron chi connectivity index (χ2n) is 7.39. The van der Waals surface area contributed by atoms with Crippen molar-refractivity contribution in [1.29, 1.82) is 0 Å². The average Bonchev–Trinajstić information content (AvgIpc) is 3.41. The maximum atomic E-state index is 12.6. The van der Waals surface area contributed by atoms with E-state index in [1.54, 1.807) is 25.3 Å². The predicted octanol–water partition coefficient (Wildman–Crippen LogP) is 4.71. The van der Waals surface area contributed by atoms with Crippen molar-refractivity contribution >= 4 is 39.2 Å². The van der Waals surface area contributed by atoms with Crippen LogP contribution in [0.25, 0.3) is 33.2 Å². The molecule has 8 nitrogen and oxygen atoms in total. The number of anilines is 2. The van der Waals surface area contributed by atoms with Crippen molar-refractivity contribution in [3.63, 3.8) is 0 Å². The van der Waals surface area contributed by atoms with Gasteiger partial charge in [0.25, 0.3) is 5.91 Å². The third kappa shape index (κ3) is 3.22. The lowest BCUT2D eigenvalue weighted by atomic mass is 10.1. The minimum absolute atomic E-state index is 0.239. The summed E-state index contributed by atoms with van der Waals surface area (Å²) in [5.41, 5.74) is 12.5. The van der Waals surface area contributed by atoms with Gasteiger partial charge in [-0.1, -0.05) is 12.1 Å². The summed E-state index contributed by atoms with van der Waals surface area (Å²) in [5.74, 6) is 0.526. The summed E-state index contributed by atoms with van der Waals surface area (Å²) < 4.78 is 12.2. The normalized spacial score (nSPS) is 11.2. The van der Waals surface area contributed by atoms with Crippen molar-refractivity contribution in [2.45, 2.75) is 13.5 Å². The van der Waals surface area contributed by atoms with Gasteiger partial charge in [-0.2, -0.15) is 0 Å². The Kier molecular flexibility index (Phi) is 4.74. The van der Waals surface area contributed by atoms with Gasteiger partial charge in [-0.3, -0.25) is 4.79 Å². The van der Waals surface area contributed by atoms with Crippen molar-refractivity contribution in [2.24, 2.45) is 0 Å². The molecule has 0 saturated carbocycles. The highest BCUT2D eigenvalue weighted by Gasteiger charge is 2.17. The molecule has 0 bridgehead atoms. The molecule has 160 valence electrons. The molecule has 3 aromatic carbocycles. The Hall–Kier alpha value is -4.33. The summed E-state index contributed by atoms with van der Waals surface area (Å²) in [6.07, 6.45) is 0. The fraction of sp³-hybridized carbons (Fsp3) is 0.125. The van der Waals surface area contributed by atoms with E-state index in [1.807, 2.05) is 42.5 Å². The summed E-state index contributed by atoms with van der Waals surface area (Å²) >= 11 is 0. The lowest BCUT2D eigenvalue weighted by molar-refractivity contribution is 0.102. The van der Waals surface area contributed by atoms with Crippen LogP contribution in [0.3, 0.4) is 0 Å². The molecule has 0 aliphatic heterocycles. The van der Waals surface area contributed by atoms with E-state index in [9.17, 15) is 4.79 Å². The van der Waals surface area contributed by atoms with Crippen molar-refractivity contribution < 1.29 is 14.2 Å². The van der Waals surface area contributed by atoms with Gasteiger partial charge in [0.1, 0.15) is 16.8 Å². The number of benzene rings is 3. The number of fused-ring (bicyclic) bond motifs is 2. The van der Waals surface area contributed by atoms with Gasteiger partial charge in [0.15, 0.2) is 0 Å². The molecule has 0 aliphatic carbocycles. The number of nitrogen functional groups attached to an aromatic ring is 1. The Morgan fingerprint density at radius 3 is 2.59 bits per heavy atom. The first-order valence-corrected chi connectivity index (χ1v) is 10.2. The molecule has 0 saturated heterocycles. The van der Waals surface area contributed by atoms with Crippen molar-refractivity contribution in [3.05, 3.63) is 66.2 Å². The van der Waals surface area contributed by atoms with Crippen LogP contribution in [-0.2, 0) is 6.54 Å². The minimum atomic E-state index is -0.239. The highest BCUT2D eigenvalue weighted by atomic mass is 16.6. The van der Waals surface area contributed by atoms with Gasteiger partial charge < -0.3 is 20.4 Å². The largest absolute Gasteiger partial charge is 0.497 e. The topological polar surface area (TPSA) is 108 Å². The number of amides is 1. The van der Waals surface area contributed by atoms with Crippen LogP contribution in [0.5, 0.6) is 5.75 Å².